The van der Waals surface area contributed by atoms with Crippen LogP contribution in [-0.4, -0.2) is 38.5 Å². The number of nitrogens with one attached hydrogen (secondary N) is 1. The molecule has 0 aliphatic heterocycles. The molecule has 1 saturated carbocycles. The number of hydrogen-bond donors (Lipinski definition) is 1. The number of amides is 1. The minimum atomic E-state index is -0.506. The van der Waals surface area contributed by atoms with E-state index >= 15 is 0 Å². The molecular formula is C20H27FN4O2S. The number of aromatic nitrogens is 3. The number of halogens is 1. The molecule has 0 radical (unpaired) electrons. The van der Waals surface area contributed by atoms with Crippen molar-refractivity contribution in [3.63, 3.8) is 0 Å². The van der Waals surface area contributed by atoms with Crippen LogP contribution in [0.3, 0.4) is 0 Å². The average Bonchev–Trinajstić information content (AvgIpc) is 3.04. The number of alkyl carbamates (subject to hydrolysis) is 1. The first-order valence-electron chi connectivity index (χ1n) is 9.53. The lowest BCUT2D eigenvalue weighted by molar-refractivity contribution is 0.0452. The summed E-state index contributed by atoms with van der Waals surface area (Å²) in [6.45, 7) is 7.57. The Bertz CT molecular complexity index is 828. The zero-order chi connectivity index (χ0) is 20.3. The molecule has 1 amide bonds. The molecule has 2 aromatic rings. The van der Waals surface area contributed by atoms with Gasteiger partial charge in [-0.05, 0) is 51.0 Å². The van der Waals surface area contributed by atoms with Gasteiger partial charge in [-0.25, -0.2) is 13.9 Å². The summed E-state index contributed by atoms with van der Waals surface area (Å²) in [5.74, 6) is 1.42. The predicted molar refractivity (Wildman–Crippen MR) is 109 cm³/mol. The van der Waals surface area contributed by atoms with Crippen molar-refractivity contribution >= 4 is 17.9 Å². The van der Waals surface area contributed by atoms with E-state index in [1.54, 1.807) is 16.4 Å². The molecule has 0 bridgehead atoms. The highest BCUT2D eigenvalue weighted by molar-refractivity contribution is 7.98. The van der Waals surface area contributed by atoms with Crippen LogP contribution in [0.1, 0.15) is 52.1 Å². The first-order valence-corrected chi connectivity index (χ1v) is 10.7. The summed E-state index contributed by atoms with van der Waals surface area (Å²) < 4.78 is 21.3. The lowest BCUT2D eigenvalue weighted by atomic mass is 9.87. The zero-order valence-corrected chi connectivity index (χ0v) is 17.6. The van der Waals surface area contributed by atoms with Crippen LogP contribution >= 0.6 is 11.8 Å². The van der Waals surface area contributed by atoms with E-state index < -0.39 is 11.7 Å². The van der Waals surface area contributed by atoms with Gasteiger partial charge in [0.15, 0.2) is 0 Å². The fourth-order valence-corrected chi connectivity index (χ4v) is 3.68. The van der Waals surface area contributed by atoms with Crippen molar-refractivity contribution in [2.75, 3.05) is 5.75 Å². The van der Waals surface area contributed by atoms with Crippen molar-refractivity contribution in [3.05, 3.63) is 35.8 Å². The van der Waals surface area contributed by atoms with Gasteiger partial charge in [0.25, 0.3) is 0 Å². The molecule has 1 heterocycles. The molecule has 0 saturated heterocycles. The predicted octanol–water partition coefficient (Wildman–Crippen LogP) is 4.57. The molecule has 8 heteroatoms. The molecule has 1 N–H and O–H groups in total. The quantitative estimate of drug-likeness (QED) is 0.761. The highest BCUT2D eigenvalue weighted by atomic mass is 32.2. The third-order valence-corrected chi connectivity index (χ3v) is 5.45. The van der Waals surface area contributed by atoms with Crippen molar-refractivity contribution < 1.29 is 13.9 Å². The summed E-state index contributed by atoms with van der Waals surface area (Å²) in [7, 11) is 0. The molecule has 28 heavy (non-hydrogen) atoms. The Morgan fingerprint density at radius 3 is 2.79 bits per heavy atom. The summed E-state index contributed by atoms with van der Waals surface area (Å²) in [4.78, 5) is 11.8. The molecule has 1 aliphatic carbocycles. The van der Waals surface area contributed by atoms with Gasteiger partial charge in [0, 0.05) is 17.4 Å². The van der Waals surface area contributed by atoms with Crippen LogP contribution in [0.5, 0.6) is 0 Å². The number of carbonyl (C=O) groups excluding carboxylic acids is 1. The Balaban J connectivity index is 1.56. The number of nitrogens with zero attached hydrogens (tertiary/aromatic N) is 3. The lowest BCUT2D eigenvalue weighted by Gasteiger charge is -2.35. The number of carbonyl (C=O) groups is 1. The second-order valence-electron chi connectivity index (χ2n) is 8.00. The van der Waals surface area contributed by atoms with Gasteiger partial charge >= 0.3 is 6.09 Å². The fraction of sp³-hybridized carbons (Fsp3) is 0.550. The largest absolute Gasteiger partial charge is 0.444 e. The van der Waals surface area contributed by atoms with E-state index in [0.717, 1.165) is 24.2 Å². The lowest BCUT2D eigenvalue weighted by Crippen LogP contribution is -2.46. The second kappa shape index (κ2) is 8.51. The van der Waals surface area contributed by atoms with Gasteiger partial charge in [0.05, 0.1) is 12.2 Å². The molecule has 1 fully saturated rings. The van der Waals surface area contributed by atoms with E-state index in [1.807, 2.05) is 39.1 Å². The second-order valence-corrected chi connectivity index (χ2v) is 9.27. The van der Waals surface area contributed by atoms with E-state index in [9.17, 15) is 9.18 Å². The van der Waals surface area contributed by atoms with Crippen molar-refractivity contribution in [2.24, 2.45) is 0 Å². The van der Waals surface area contributed by atoms with Crippen LogP contribution in [0.15, 0.2) is 24.4 Å². The minimum Gasteiger partial charge on any atom is -0.444 e. The number of benzene rings is 1. The van der Waals surface area contributed by atoms with Crippen molar-refractivity contribution in [3.8, 4) is 11.3 Å². The van der Waals surface area contributed by atoms with Gasteiger partial charge in [-0.15, -0.1) is 5.10 Å². The average molecular weight is 407 g/mol. The molecule has 6 nitrogen and oxygen atoms in total. The van der Waals surface area contributed by atoms with Gasteiger partial charge in [-0.2, -0.15) is 11.8 Å². The molecule has 0 atom stereocenters. The highest BCUT2D eigenvalue weighted by Crippen LogP contribution is 2.33. The van der Waals surface area contributed by atoms with Crippen LogP contribution in [0, 0.1) is 5.82 Å². The summed E-state index contributed by atoms with van der Waals surface area (Å²) in [6.07, 6.45) is 2.98. The zero-order valence-electron chi connectivity index (χ0n) is 16.7. The van der Waals surface area contributed by atoms with Crippen molar-refractivity contribution in [1.82, 2.24) is 20.3 Å². The number of thioether (sulfide) groups is 1. The van der Waals surface area contributed by atoms with E-state index in [0.29, 0.717) is 17.0 Å². The van der Waals surface area contributed by atoms with Crippen LogP contribution in [-0.2, 0) is 10.5 Å². The summed E-state index contributed by atoms with van der Waals surface area (Å²) >= 11 is 1.69. The maximum absolute atomic E-state index is 14.3. The Hall–Kier alpha value is -2.09. The molecule has 3 rings (SSSR count). The van der Waals surface area contributed by atoms with E-state index in [-0.39, 0.29) is 17.9 Å². The normalized spacial score (nSPS) is 19.2. The topological polar surface area (TPSA) is 69.0 Å². The van der Waals surface area contributed by atoms with Crippen molar-refractivity contribution in [2.45, 2.75) is 64.0 Å². The SMILES string of the molecule is CCSCc1ccc(-c2cn(C3CC(NC(=O)OC(C)(C)C)C3)nn2)cc1F. The molecule has 1 aromatic heterocycles. The first kappa shape index (κ1) is 20.6. The van der Waals surface area contributed by atoms with Gasteiger partial charge < -0.3 is 10.1 Å². The Kier molecular flexibility index (Phi) is 6.27. The molecular weight excluding hydrogens is 379 g/mol. The summed E-state index contributed by atoms with van der Waals surface area (Å²) in [5, 5.41) is 11.2. The Morgan fingerprint density at radius 2 is 2.14 bits per heavy atom. The third-order valence-electron chi connectivity index (χ3n) is 4.53. The number of hydrogen-bond acceptors (Lipinski definition) is 5. The Morgan fingerprint density at radius 1 is 1.39 bits per heavy atom. The highest BCUT2D eigenvalue weighted by Gasteiger charge is 2.33. The van der Waals surface area contributed by atoms with Gasteiger partial charge in [0.2, 0.25) is 0 Å². The van der Waals surface area contributed by atoms with E-state index in [2.05, 4.69) is 22.6 Å². The van der Waals surface area contributed by atoms with Gasteiger partial charge in [-0.1, -0.05) is 24.3 Å². The van der Waals surface area contributed by atoms with E-state index in [4.69, 9.17) is 4.74 Å². The molecule has 0 unspecified atom stereocenters. The third kappa shape index (κ3) is 5.25. The summed E-state index contributed by atoms with van der Waals surface area (Å²) in [5.41, 5.74) is 1.57. The molecule has 1 aromatic carbocycles. The van der Waals surface area contributed by atoms with Crippen LogP contribution < -0.4 is 5.32 Å². The maximum atomic E-state index is 14.3. The van der Waals surface area contributed by atoms with E-state index in [1.165, 1.54) is 6.07 Å². The van der Waals surface area contributed by atoms with Gasteiger partial charge in [0.1, 0.15) is 17.1 Å². The first-order chi connectivity index (χ1) is 13.2. The monoisotopic (exact) mass is 406 g/mol. The van der Waals surface area contributed by atoms with Crippen LogP contribution in [0.2, 0.25) is 0 Å². The van der Waals surface area contributed by atoms with Crippen molar-refractivity contribution in [1.29, 1.82) is 0 Å². The molecule has 152 valence electrons. The molecule has 0 spiro atoms. The van der Waals surface area contributed by atoms with Crippen LogP contribution in [0.4, 0.5) is 9.18 Å². The summed E-state index contributed by atoms with van der Waals surface area (Å²) in [6, 6.07) is 5.47. The fourth-order valence-electron chi connectivity index (χ4n) is 3.02. The molecule has 1 aliphatic rings. The maximum Gasteiger partial charge on any atom is 0.407 e. The minimum absolute atomic E-state index is 0.0697. The standard InChI is InChI=1S/C20H27FN4O2S/c1-5-28-12-14-7-6-13(8-17(14)21)18-11-25(24-23-18)16-9-15(10-16)22-19(26)27-20(2,3)4/h6-8,11,15-16H,5,9-10,12H2,1-4H3,(H,22,26). The van der Waals surface area contributed by atoms with Crippen LogP contribution in [0.25, 0.3) is 11.3 Å². The Labute approximate surface area is 169 Å². The smallest absolute Gasteiger partial charge is 0.407 e. The number of ether oxygens (including phenoxy) is 1. The number of rotatable bonds is 6. The van der Waals surface area contributed by atoms with Gasteiger partial charge in [-0.3, -0.25) is 0 Å².